The van der Waals surface area contributed by atoms with Gasteiger partial charge in [0.1, 0.15) is 22.9 Å². The number of ether oxygens (including phenoxy) is 2. The van der Waals surface area contributed by atoms with Crippen LogP contribution in [0.3, 0.4) is 0 Å². The number of nitrogens with one attached hydrogen (secondary N) is 2. The van der Waals surface area contributed by atoms with Crippen LogP contribution >= 0.6 is 0 Å². The molecule has 0 saturated heterocycles. The molecule has 0 bridgehead atoms. The summed E-state index contributed by atoms with van der Waals surface area (Å²) in [5.41, 5.74) is 0.212. The maximum Gasteiger partial charge on any atom is 0.408 e. The summed E-state index contributed by atoms with van der Waals surface area (Å²) in [6.45, 7) is 5.57. The van der Waals surface area contributed by atoms with Crippen molar-refractivity contribution in [3.05, 3.63) is 29.8 Å². The van der Waals surface area contributed by atoms with Gasteiger partial charge in [-0.2, -0.15) is 0 Å². The predicted molar refractivity (Wildman–Crippen MR) is 122 cm³/mol. The number of methoxy groups -OCH3 is 1. The highest BCUT2D eigenvalue weighted by Crippen LogP contribution is 2.25. The molecule has 2 rings (SSSR count). The molecule has 1 unspecified atom stereocenters. The largest absolute Gasteiger partial charge is 0.616 e. The van der Waals surface area contributed by atoms with Crippen molar-refractivity contribution in [1.82, 2.24) is 10.6 Å². The van der Waals surface area contributed by atoms with Crippen molar-refractivity contribution in [2.75, 3.05) is 18.6 Å². The van der Waals surface area contributed by atoms with Crippen molar-refractivity contribution in [2.45, 2.75) is 71.1 Å². The maximum atomic E-state index is 12.8. The highest BCUT2D eigenvalue weighted by molar-refractivity contribution is 7.91. The molecule has 7 nitrogen and oxygen atoms in total. The molecule has 1 saturated carbocycles. The topological polar surface area (TPSA) is 99.7 Å². The van der Waals surface area contributed by atoms with Gasteiger partial charge in [0.25, 0.3) is 0 Å². The average molecular weight is 453 g/mol. The first-order valence-electron chi connectivity index (χ1n) is 10.9. The van der Waals surface area contributed by atoms with Gasteiger partial charge in [-0.1, -0.05) is 42.6 Å². The fourth-order valence-electron chi connectivity index (χ4n) is 3.56. The Bertz CT molecular complexity index is 699. The van der Waals surface area contributed by atoms with Gasteiger partial charge in [-0.15, -0.1) is 0 Å². The number of benzene rings is 1. The Morgan fingerprint density at radius 1 is 1.16 bits per heavy atom. The molecule has 1 aromatic carbocycles. The second-order valence-electron chi connectivity index (χ2n) is 9.04. The Hall–Kier alpha value is -1.93. The smallest absolute Gasteiger partial charge is 0.408 e. The lowest BCUT2D eigenvalue weighted by atomic mass is 9.91. The summed E-state index contributed by atoms with van der Waals surface area (Å²) < 4.78 is 23.2. The van der Waals surface area contributed by atoms with Gasteiger partial charge in [0.15, 0.2) is 6.04 Å². The third kappa shape index (κ3) is 9.82. The van der Waals surface area contributed by atoms with E-state index in [1.807, 2.05) is 24.3 Å². The third-order valence-corrected chi connectivity index (χ3v) is 6.68. The second-order valence-corrected chi connectivity index (χ2v) is 10.6. The van der Waals surface area contributed by atoms with Crippen LogP contribution in [0.1, 0.15) is 58.4 Å². The summed E-state index contributed by atoms with van der Waals surface area (Å²) in [5.74, 6) is 1.43. The zero-order valence-electron chi connectivity index (χ0n) is 19.1. The minimum atomic E-state index is -1.21. The molecule has 31 heavy (non-hydrogen) atoms. The van der Waals surface area contributed by atoms with Crippen molar-refractivity contribution >= 4 is 23.2 Å². The lowest BCUT2D eigenvalue weighted by Gasteiger charge is -2.26. The summed E-state index contributed by atoms with van der Waals surface area (Å²) in [5, 5.41) is 5.44. The van der Waals surface area contributed by atoms with Crippen molar-refractivity contribution in [2.24, 2.45) is 5.92 Å². The van der Waals surface area contributed by atoms with E-state index in [0.29, 0.717) is 18.2 Å². The van der Waals surface area contributed by atoms with Crippen LogP contribution in [0.5, 0.6) is 5.75 Å². The van der Waals surface area contributed by atoms with Gasteiger partial charge in [0.05, 0.1) is 7.11 Å². The van der Waals surface area contributed by atoms with Crippen LogP contribution in [0.25, 0.3) is 0 Å². The fraction of sp³-hybridized carbons (Fsp3) is 0.652. The van der Waals surface area contributed by atoms with Crippen LogP contribution < -0.4 is 15.4 Å². The normalized spacial score (nSPS) is 16.8. The highest BCUT2D eigenvalue weighted by Gasteiger charge is 2.30. The van der Waals surface area contributed by atoms with Crippen LogP contribution in [-0.4, -0.2) is 46.8 Å². The minimum absolute atomic E-state index is 0.0736. The van der Waals surface area contributed by atoms with E-state index >= 15 is 0 Å². The fourth-order valence-corrected chi connectivity index (χ4v) is 5.16. The van der Waals surface area contributed by atoms with E-state index < -0.39 is 28.9 Å². The lowest BCUT2D eigenvalue weighted by molar-refractivity contribution is -0.122. The van der Waals surface area contributed by atoms with E-state index in [1.165, 1.54) is 19.3 Å². The number of hydrogen-bond donors (Lipinski definition) is 2. The standard InChI is InChI=1S/C23H36N2O5S/c1-23(2,3)30-22(27)25-20(16-31(28)15-18-8-6-5-7-9-18)21(26)24-14-17-10-12-19(29-4)13-11-17/h10-13,18,20H,5-9,14-16H2,1-4H3,(H,24,26)(H,25,27)/t20-,31?/m0/s1. The molecule has 0 radical (unpaired) electrons. The van der Waals surface area contributed by atoms with E-state index in [1.54, 1.807) is 27.9 Å². The van der Waals surface area contributed by atoms with Crippen molar-refractivity contribution in [3.8, 4) is 5.75 Å². The minimum Gasteiger partial charge on any atom is -0.616 e. The predicted octanol–water partition coefficient (Wildman–Crippen LogP) is 3.53. The molecule has 1 aliphatic rings. The quantitative estimate of drug-likeness (QED) is 0.558. The van der Waals surface area contributed by atoms with E-state index in [-0.39, 0.29) is 11.7 Å². The Balaban J connectivity index is 1.96. The van der Waals surface area contributed by atoms with Gasteiger partial charge < -0.3 is 24.7 Å². The first-order chi connectivity index (χ1) is 14.7. The number of carbonyl (C=O) groups excluding carboxylic acids is 2. The van der Waals surface area contributed by atoms with E-state index in [0.717, 1.165) is 24.2 Å². The molecule has 1 fully saturated rings. The zero-order chi connectivity index (χ0) is 22.9. The Morgan fingerprint density at radius 2 is 1.81 bits per heavy atom. The van der Waals surface area contributed by atoms with Gasteiger partial charge in [-0.05, 0) is 51.3 Å². The van der Waals surface area contributed by atoms with Gasteiger partial charge in [-0.25, -0.2) is 4.79 Å². The number of hydrogen-bond acceptors (Lipinski definition) is 5. The summed E-state index contributed by atoms with van der Waals surface area (Å²) >= 11 is -1.21. The molecule has 1 aromatic rings. The lowest BCUT2D eigenvalue weighted by Crippen LogP contribution is -2.51. The number of carbonyl (C=O) groups is 2. The summed E-state index contributed by atoms with van der Waals surface area (Å²) in [6, 6.07) is 6.43. The van der Waals surface area contributed by atoms with Crippen LogP contribution in [-0.2, 0) is 27.3 Å². The highest BCUT2D eigenvalue weighted by atomic mass is 32.2. The van der Waals surface area contributed by atoms with Crippen molar-refractivity contribution < 1.29 is 23.6 Å². The van der Waals surface area contributed by atoms with Crippen molar-refractivity contribution in [3.63, 3.8) is 0 Å². The molecule has 2 atom stereocenters. The summed E-state index contributed by atoms with van der Waals surface area (Å²) in [7, 11) is 1.59. The van der Waals surface area contributed by atoms with Gasteiger partial charge in [-0.3, -0.25) is 4.79 Å². The molecular weight excluding hydrogens is 416 g/mol. The molecule has 0 aromatic heterocycles. The number of amides is 2. The molecule has 0 aliphatic heterocycles. The Kier molecular flexibility index (Phi) is 9.96. The maximum absolute atomic E-state index is 12.8. The third-order valence-electron chi connectivity index (χ3n) is 5.13. The first-order valence-corrected chi connectivity index (χ1v) is 12.4. The Morgan fingerprint density at radius 3 is 2.39 bits per heavy atom. The van der Waals surface area contributed by atoms with Crippen molar-refractivity contribution in [1.29, 1.82) is 0 Å². The second kappa shape index (κ2) is 12.2. The van der Waals surface area contributed by atoms with Crippen LogP contribution in [0, 0.1) is 5.92 Å². The molecule has 8 heteroatoms. The van der Waals surface area contributed by atoms with Crippen LogP contribution in [0.15, 0.2) is 24.3 Å². The molecule has 0 spiro atoms. The Labute approximate surface area is 188 Å². The molecule has 2 N–H and O–H groups in total. The summed E-state index contributed by atoms with van der Waals surface area (Å²) in [4.78, 5) is 25.1. The van der Waals surface area contributed by atoms with Crippen LogP contribution in [0.2, 0.25) is 0 Å². The van der Waals surface area contributed by atoms with Gasteiger partial charge in [0.2, 0.25) is 5.91 Å². The monoisotopic (exact) mass is 452 g/mol. The molecule has 174 valence electrons. The van der Waals surface area contributed by atoms with Gasteiger partial charge in [0, 0.05) is 12.5 Å². The summed E-state index contributed by atoms with van der Waals surface area (Å²) in [6.07, 6.45) is 5.05. The van der Waals surface area contributed by atoms with Crippen LogP contribution in [0.4, 0.5) is 4.79 Å². The molecule has 2 amide bonds. The zero-order valence-corrected chi connectivity index (χ0v) is 19.9. The SMILES string of the molecule is COc1ccc(CNC(=O)[C@H](C[S+]([O-])CC2CCCCC2)NC(=O)OC(C)(C)C)cc1. The first kappa shape index (κ1) is 25.3. The average Bonchev–Trinajstić information content (AvgIpc) is 2.71. The molecular formula is C23H36N2O5S. The van der Waals surface area contributed by atoms with E-state index in [9.17, 15) is 14.1 Å². The van der Waals surface area contributed by atoms with Gasteiger partial charge >= 0.3 is 6.09 Å². The number of alkyl carbamates (subject to hydrolysis) is 1. The molecule has 1 aliphatic carbocycles. The van der Waals surface area contributed by atoms with E-state index in [4.69, 9.17) is 9.47 Å². The molecule has 0 heterocycles. The number of rotatable bonds is 9. The van der Waals surface area contributed by atoms with E-state index in [2.05, 4.69) is 10.6 Å².